The fourth-order valence-corrected chi connectivity index (χ4v) is 2.97. The SMILES string of the molecule is CN1CCN(CCCNC(=O)C(C)(C)C)[C@@H](c2ccccc2)C1. The third-order valence-electron chi connectivity index (χ3n) is 4.47. The van der Waals surface area contributed by atoms with Gasteiger partial charge in [0.1, 0.15) is 0 Å². The molecule has 0 bridgehead atoms. The van der Waals surface area contributed by atoms with Gasteiger partial charge >= 0.3 is 0 Å². The number of nitrogens with one attached hydrogen (secondary N) is 1. The molecule has 1 aromatic carbocycles. The molecule has 128 valence electrons. The van der Waals surface area contributed by atoms with Gasteiger partial charge in [0.2, 0.25) is 5.91 Å². The summed E-state index contributed by atoms with van der Waals surface area (Å²) in [5.41, 5.74) is 1.08. The van der Waals surface area contributed by atoms with E-state index in [9.17, 15) is 4.79 Å². The van der Waals surface area contributed by atoms with Gasteiger partial charge in [-0.1, -0.05) is 51.1 Å². The van der Waals surface area contributed by atoms with Crippen molar-refractivity contribution < 1.29 is 4.79 Å². The fourth-order valence-electron chi connectivity index (χ4n) is 2.97. The van der Waals surface area contributed by atoms with E-state index in [0.29, 0.717) is 6.04 Å². The van der Waals surface area contributed by atoms with Gasteiger partial charge < -0.3 is 10.2 Å². The van der Waals surface area contributed by atoms with Gasteiger partial charge in [0.05, 0.1) is 0 Å². The van der Waals surface area contributed by atoms with E-state index in [1.54, 1.807) is 0 Å². The van der Waals surface area contributed by atoms with Crippen molar-refractivity contribution in [1.82, 2.24) is 15.1 Å². The van der Waals surface area contributed by atoms with E-state index in [2.05, 4.69) is 52.5 Å². The molecule has 4 nitrogen and oxygen atoms in total. The van der Waals surface area contributed by atoms with Crippen LogP contribution >= 0.6 is 0 Å². The minimum absolute atomic E-state index is 0.135. The van der Waals surface area contributed by atoms with E-state index in [-0.39, 0.29) is 11.3 Å². The highest BCUT2D eigenvalue weighted by atomic mass is 16.2. The summed E-state index contributed by atoms with van der Waals surface area (Å²) in [6.07, 6.45) is 0.995. The van der Waals surface area contributed by atoms with Gasteiger partial charge in [-0.3, -0.25) is 9.69 Å². The lowest BCUT2D eigenvalue weighted by Gasteiger charge is -2.40. The Labute approximate surface area is 140 Å². The van der Waals surface area contributed by atoms with E-state index < -0.39 is 0 Å². The average Bonchev–Trinajstić information content (AvgIpc) is 2.52. The van der Waals surface area contributed by atoms with E-state index in [0.717, 1.165) is 39.1 Å². The van der Waals surface area contributed by atoms with Crippen LogP contribution in [0.15, 0.2) is 30.3 Å². The summed E-state index contributed by atoms with van der Waals surface area (Å²) in [7, 11) is 2.19. The molecular weight excluding hydrogens is 286 g/mol. The van der Waals surface area contributed by atoms with Crippen LogP contribution in [-0.4, -0.2) is 55.5 Å². The highest BCUT2D eigenvalue weighted by Crippen LogP contribution is 2.24. The minimum atomic E-state index is -0.305. The molecular formula is C19H31N3O. The van der Waals surface area contributed by atoms with E-state index in [1.165, 1.54) is 5.56 Å². The molecule has 1 aromatic rings. The Hall–Kier alpha value is -1.39. The highest BCUT2D eigenvalue weighted by molar-refractivity contribution is 5.81. The second kappa shape index (κ2) is 7.93. The molecule has 0 unspecified atom stereocenters. The number of hydrogen-bond acceptors (Lipinski definition) is 3. The Kier molecular flexibility index (Phi) is 6.19. The standard InChI is InChI=1S/C19H31N3O/c1-19(2,3)18(23)20-11-8-12-22-14-13-21(4)15-17(22)16-9-6-5-7-10-16/h5-7,9-10,17H,8,11-15H2,1-4H3,(H,20,23)/t17-/m1/s1. The first-order chi connectivity index (χ1) is 10.9. The molecule has 0 saturated carbocycles. The van der Waals surface area contributed by atoms with Crippen molar-refractivity contribution in [3.8, 4) is 0 Å². The molecule has 0 spiro atoms. The average molecular weight is 317 g/mol. The van der Waals surface area contributed by atoms with Crippen LogP contribution in [0.2, 0.25) is 0 Å². The molecule has 0 aliphatic carbocycles. The lowest BCUT2D eigenvalue weighted by Crippen LogP contribution is -2.47. The topological polar surface area (TPSA) is 35.6 Å². The first kappa shape index (κ1) is 18.0. The molecule has 1 saturated heterocycles. The molecule has 2 rings (SSSR count). The molecule has 1 heterocycles. The number of piperazine rings is 1. The number of nitrogens with zero attached hydrogens (tertiary/aromatic N) is 2. The number of likely N-dealkylation sites (N-methyl/N-ethyl adjacent to an activating group) is 1. The van der Waals surface area contributed by atoms with Crippen LogP contribution in [0.25, 0.3) is 0 Å². The molecule has 1 amide bonds. The summed E-state index contributed by atoms with van der Waals surface area (Å²) in [6.45, 7) is 10.9. The van der Waals surface area contributed by atoms with Gasteiger partial charge in [-0.2, -0.15) is 0 Å². The van der Waals surface area contributed by atoms with Gasteiger partial charge in [-0.15, -0.1) is 0 Å². The normalized spacial score (nSPS) is 20.4. The number of carbonyl (C=O) groups is 1. The molecule has 23 heavy (non-hydrogen) atoms. The first-order valence-electron chi connectivity index (χ1n) is 8.64. The summed E-state index contributed by atoms with van der Waals surface area (Å²) in [5.74, 6) is 0.135. The minimum Gasteiger partial charge on any atom is -0.356 e. The zero-order chi connectivity index (χ0) is 16.9. The van der Waals surface area contributed by atoms with Crippen molar-refractivity contribution in [2.45, 2.75) is 33.2 Å². The number of benzene rings is 1. The van der Waals surface area contributed by atoms with E-state index in [1.807, 2.05) is 20.8 Å². The van der Waals surface area contributed by atoms with Crippen molar-refractivity contribution in [3.63, 3.8) is 0 Å². The lowest BCUT2D eigenvalue weighted by molar-refractivity contribution is -0.128. The van der Waals surface area contributed by atoms with Crippen LogP contribution in [0.5, 0.6) is 0 Å². The summed E-state index contributed by atoms with van der Waals surface area (Å²) in [6, 6.07) is 11.2. The monoisotopic (exact) mass is 317 g/mol. The van der Waals surface area contributed by atoms with Crippen LogP contribution in [0.4, 0.5) is 0 Å². The largest absolute Gasteiger partial charge is 0.356 e. The first-order valence-corrected chi connectivity index (χ1v) is 8.64. The van der Waals surface area contributed by atoms with Gasteiger partial charge in [-0.05, 0) is 19.0 Å². The van der Waals surface area contributed by atoms with Crippen LogP contribution in [0.3, 0.4) is 0 Å². The predicted molar refractivity (Wildman–Crippen MR) is 95.3 cm³/mol. The number of carbonyl (C=O) groups excluding carboxylic acids is 1. The van der Waals surface area contributed by atoms with Crippen molar-refractivity contribution in [3.05, 3.63) is 35.9 Å². The summed E-state index contributed by atoms with van der Waals surface area (Å²) < 4.78 is 0. The Bertz CT molecular complexity index is 495. The van der Waals surface area contributed by atoms with E-state index in [4.69, 9.17) is 0 Å². The van der Waals surface area contributed by atoms with Crippen molar-refractivity contribution in [2.24, 2.45) is 5.41 Å². The second-order valence-electron chi connectivity index (χ2n) is 7.58. The van der Waals surface area contributed by atoms with Crippen molar-refractivity contribution in [1.29, 1.82) is 0 Å². The van der Waals surface area contributed by atoms with Crippen molar-refractivity contribution >= 4 is 5.91 Å². The fraction of sp³-hybridized carbons (Fsp3) is 0.632. The number of hydrogen-bond donors (Lipinski definition) is 1. The Morgan fingerprint density at radius 2 is 1.91 bits per heavy atom. The number of amides is 1. The molecule has 4 heteroatoms. The molecule has 1 aliphatic rings. The molecule has 1 N–H and O–H groups in total. The van der Waals surface area contributed by atoms with Crippen LogP contribution in [0, 0.1) is 5.41 Å². The molecule has 1 aliphatic heterocycles. The lowest BCUT2D eigenvalue weighted by atomic mass is 9.96. The third-order valence-corrected chi connectivity index (χ3v) is 4.47. The maximum Gasteiger partial charge on any atom is 0.225 e. The Balaban J connectivity index is 1.86. The predicted octanol–water partition coefficient (Wildman–Crippen LogP) is 2.53. The Morgan fingerprint density at radius 3 is 2.57 bits per heavy atom. The van der Waals surface area contributed by atoms with Gasteiger partial charge in [0, 0.05) is 44.2 Å². The molecule has 1 fully saturated rings. The summed E-state index contributed by atoms with van der Waals surface area (Å²) in [5, 5.41) is 3.05. The maximum atomic E-state index is 11.9. The summed E-state index contributed by atoms with van der Waals surface area (Å²) >= 11 is 0. The number of rotatable bonds is 5. The van der Waals surface area contributed by atoms with Crippen molar-refractivity contribution in [2.75, 3.05) is 39.8 Å². The van der Waals surface area contributed by atoms with Crippen LogP contribution < -0.4 is 5.32 Å². The zero-order valence-corrected chi connectivity index (χ0v) is 15.0. The quantitative estimate of drug-likeness (QED) is 0.848. The van der Waals surface area contributed by atoms with E-state index >= 15 is 0 Å². The smallest absolute Gasteiger partial charge is 0.225 e. The molecule has 0 radical (unpaired) electrons. The van der Waals surface area contributed by atoms with Gasteiger partial charge in [0.15, 0.2) is 0 Å². The third kappa shape index (κ3) is 5.33. The second-order valence-corrected chi connectivity index (χ2v) is 7.58. The highest BCUT2D eigenvalue weighted by Gasteiger charge is 2.26. The van der Waals surface area contributed by atoms with Gasteiger partial charge in [-0.25, -0.2) is 0 Å². The summed E-state index contributed by atoms with van der Waals surface area (Å²) in [4.78, 5) is 16.9. The molecule has 1 atom stereocenters. The molecule has 0 aromatic heterocycles. The van der Waals surface area contributed by atoms with Gasteiger partial charge in [0.25, 0.3) is 0 Å². The van der Waals surface area contributed by atoms with Crippen LogP contribution in [-0.2, 0) is 4.79 Å². The maximum absolute atomic E-state index is 11.9. The zero-order valence-electron chi connectivity index (χ0n) is 15.0. The van der Waals surface area contributed by atoms with Crippen LogP contribution in [0.1, 0.15) is 38.8 Å². The Morgan fingerprint density at radius 1 is 1.22 bits per heavy atom.